The standard InChI is InChI=1S/C20H20N6O2S2/c1-26(2)6-5-14(27)8-18-21-11-15(29-18)9-17-19(28)24-20(30-17)23-13-4-3-12-10-22-25-16(12)7-13/h3-4,7,9-11H,5-6,8H2,1-2H3,(H,22,25)(H,23,24,28)/b17-9-. The molecule has 3 aromatic rings. The summed E-state index contributed by atoms with van der Waals surface area (Å²) >= 11 is 2.71. The predicted molar refractivity (Wildman–Crippen MR) is 121 cm³/mol. The van der Waals surface area contributed by atoms with Crippen molar-refractivity contribution in [1.29, 1.82) is 0 Å². The van der Waals surface area contributed by atoms with Crippen molar-refractivity contribution in [2.75, 3.05) is 20.6 Å². The Morgan fingerprint density at radius 1 is 1.30 bits per heavy atom. The van der Waals surface area contributed by atoms with E-state index in [0.29, 0.717) is 22.9 Å². The summed E-state index contributed by atoms with van der Waals surface area (Å²) in [5.41, 5.74) is 1.62. The van der Waals surface area contributed by atoms with E-state index in [4.69, 9.17) is 0 Å². The third-order valence-electron chi connectivity index (χ3n) is 4.34. The van der Waals surface area contributed by atoms with Crippen LogP contribution < -0.4 is 5.32 Å². The summed E-state index contributed by atoms with van der Waals surface area (Å²) in [5, 5.41) is 12.0. The van der Waals surface area contributed by atoms with Gasteiger partial charge in [0.05, 0.1) is 28.7 Å². The van der Waals surface area contributed by atoms with E-state index in [-0.39, 0.29) is 11.7 Å². The number of aromatic amines is 1. The molecule has 0 unspecified atom stereocenters. The van der Waals surface area contributed by atoms with Crippen molar-refractivity contribution in [3.05, 3.63) is 45.4 Å². The van der Waals surface area contributed by atoms with Crippen molar-refractivity contribution in [3.8, 4) is 0 Å². The average molecular weight is 441 g/mol. The Kier molecular flexibility index (Phi) is 6.07. The largest absolute Gasteiger partial charge is 0.309 e. The molecule has 1 saturated heterocycles. The van der Waals surface area contributed by atoms with E-state index in [1.165, 1.54) is 23.1 Å². The van der Waals surface area contributed by atoms with Crippen molar-refractivity contribution >= 4 is 62.6 Å². The maximum absolute atomic E-state index is 12.3. The van der Waals surface area contributed by atoms with Crippen LogP contribution in [0.3, 0.4) is 0 Å². The highest BCUT2D eigenvalue weighted by atomic mass is 32.2. The Morgan fingerprint density at radius 2 is 2.17 bits per heavy atom. The Morgan fingerprint density at radius 3 is 3.00 bits per heavy atom. The first-order valence-electron chi connectivity index (χ1n) is 9.30. The molecular formula is C20H20N6O2S2. The van der Waals surface area contributed by atoms with Gasteiger partial charge in [-0.3, -0.25) is 14.7 Å². The number of nitrogens with zero attached hydrogens (tertiary/aromatic N) is 4. The second-order valence-corrected chi connectivity index (χ2v) is 9.23. The monoisotopic (exact) mass is 440 g/mol. The zero-order chi connectivity index (χ0) is 21.1. The van der Waals surface area contributed by atoms with Gasteiger partial charge in [-0.25, -0.2) is 9.98 Å². The number of ketones is 1. The van der Waals surface area contributed by atoms with Gasteiger partial charge in [-0.2, -0.15) is 5.10 Å². The molecule has 0 spiro atoms. The van der Waals surface area contributed by atoms with E-state index in [1.54, 1.807) is 18.5 Å². The van der Waals surface area contributed by atoms with Crippen LogP contribution in [0.1, 0.15) is 16.3 Å². The molecule has 0 bridgehead atoms. The second-order valence-electron chi connectivity index (χ2n) is 7.05. The molecule has 1 fully saturated rings. The number of carbonyl (C=O) groups is 2. The number of aliphatic imine (C=N–C) groups is 1. The molecule has 8 nitrogen and oxygen atoms in total. The highest BCUT2D eigenvalue weighted by Crippen LogP contribution is 2.30. The van der Waals surface area contributed by atoms with Crippen LogP contribution in [0.15, 0.2) is 40.5 Å². The molecule has 1 aromatic carbocycles. The van der Waals surface area contributed by atoms with E-state index < -0.39 is 0 Å². The Labute approximate surface area is 181 Å². The minimum atomic E-state index is -0.196. The van der Waals surface area contributed by atoms with Crippen LogP contribution in [0.25, 0.3) is 17.0 Å². The quantitative estimate of drug-likeness (QED) is 0.548. The fourth-order valence-electron chi connectivity index (χ4n) is 2.80. The fourth-order valence-corrected chi connectivity index (χ4v) is 4.60. The summed E-state index contributed by atoms with van der Waals surface area (Å²) in [7, 11) is 3.89. The Hall–Kier alpha value is -2.82. The lowest BCUT2D eigenvalue weighted by Crippen LogP contribution is -2.19. The number of aromatic nitrogens is 3. The number of benzene rings is 1. The lowest BCUT2D eigenvalue weighted by molar-refractivity contribution is -0.118. The van der Waals surface area contributed by atoms with Crippen molar-refractivity contribution in [2.24, 2.45) is 4.99 Å². The first kappa shape index (κ1) is 20.5. The van der Waals surface area contributed by atoms with E-state index >= 15 is 0 Å². The lowest BCUT2D eigenvalue weighted by Gasteiger charge is -2.07. The van der Waals surface area contributed by atoms with Gasteiger partial charge in [0.15, 0.2) is 5.17 Å². The first-order chi connectivity index (χ1) is 14.5. The zero-order valence-electron chi connectivity index (χ0n) is 16.5. The van der Waals surface area contributed by atoms with Crippen molar-refractivity contribution in [1.82, 2.24) is 25.4 Å². The lowest BCUT2D eigenvalue weighted by atomic mass is 10.2. The first-order valence-corrected chi connectivity index (χ1v) is 10.9. The maximum Gasteiger partial charge on any atom is 0.264 e. The van der Waals surface area contributed by atoms with Gasteiger partial charge in [-0.1, -0.05) is 0 Å². The van der Waals surface area contributed by atoms with Gasteiger partial charge < -0.3 is 10.2 Å². The second kappa shape index (κ2) is 8.90. The number of rotatable bonds is 7. The predicted octanol–water partition coefficient (Wildman–Crippen LogP) is 2.97. The van der Waals surface area contributed by atoms with Crippen LogP contribution in [0.2, 0.25) is 0 Å². The number of carbonyl (C=O) groups excluding carboxylic acids is 2. The highest BCUT2D eigenvalue weighted by molar-refractivity contribution is 8.18. The third-order valence-corrected chi connectivity index (χ3v) is 6.19. The number of thioether (sulfide) groups is 1. The SMILES string of the molecule is CN(C)CCC(=O)Cc1ncc(/C=C2\SC(=Nc3ccc4cn[nH]c4c3)NC2=O)s1. The van der Waals surface area contributed by atoms with E-state index in [1.807, 2.05) is 37.2 Å². The van der Waals surface area contributed by atoms with Gasteiger partial charge in [0.25, 0.3) is 5.91 Å². The molecule has 10 heteroatoms. The number of hydrogen-bond acceptors (Lipinski definition) is 8. The number of amides is 1. The van der Waals surface area contributed by atoms with Gasteiger partial charge in [-0.05, 0) is 50.1 Å². The van der Waals surface area contributed by atoms with Crippen molar-refractivity contribution < 1.29 is 9.59 Å². The Balaban J connectivity index is 1.42. The minimum Gasteiger partial charge on any atom is -0.309 e. The number of Topliss-reactive ketones (excluding diaryl/α,β-unsaturated/α-hetero) is 1. The summed E-state index contributed by atoms with van der Waals surface area (Å²) < 4.78 is 0. The molecule has 3 heterocycles. The smallest absolute Gasteiger partial charge is 0.264 e. The Bertz CT molecular complexity index is 1160. The fraction of sp³-hybridized carbons (Fsp3) is 0.250. The molecule has 0 aliphatic carbocycles. The number of hydrogen-bond donors (Lipinski definition) is 2. The number of H-pyrrole nitrogens is 1. The van der Waals surface area contributed by atoms with Crippen molar-refractivity contribution in [2.45, 2.75) is 12.8 Å². The topological polar surface area (TPSA) is 103 Å². The van der Waals surface area contributed by atoms with E-state index in [0.717, 1.165) is 33.0 Å². The van der Waals surface area contributed by atoms with Gasteiger partial charge in [0, 0.05) is 29.4 Å². The number of nitrogens with one attached hydrogen (secondary N) is 2. The minimum absolute atomic E-state index is 0.161. The molecule has 0 saturated carbocycles. The van der Waals surface area contributed by atoms with Crippen LogP contribution in [-0.4, -0.2) is 57.6 Å². The van der Waals surface area contributed by atoms with Crippen LogP contribution in [0.4, 0.5) is 5.69 Å². The molecule has 154 valence electrons. The molecule has 1 aliphatic heterocycles. The molecule has 2 aromatic heterocycles. The normalized spacial score (nSPS) is 16.8. The average Bonchev–Trinajstić information content (AvgIpc) is 3.41. The van der Waals surface area contributed by atoms with E-state index in [9.17, 15) is 9.59 Å². The molecule has 1 amide bonds. The third kappa shape index (κ3) is 5.02. The molecule has 4 rings (SSSR count). The maximum atomic E-state index is 12.3. The van der Waals surface area contributed by atoms with Crippen LogP contribution >= 0.6 is 23.1 Å². The molecule has 2 N–H and O–H groups in total. The number of thiazole rings is 1. The number of amidine groups is 1. The van der Waals surface area contributed by atoms with Crippen LogP contribution in [0, 0.1) is 0 Å². The summed E-state index contributed by atoms with van der Waals surface area (Å²) in [6, 6.07) is 5.68. The highest BCUT2D eigenvalue weighted by Gasteiger charge is 2.24. The van der Waals surface area contributed by atoms with Crippen LogP contribution in [-0.2, 0) is 16.0 Å². The summed E-state index contributed by atoms with van der Waals surface area (Å²) in [4.78, 5) is 36.5. The summed E-state index contributed by atoms with van der Waals surface area (Å²) in [6.45, 7) is 0.730. The van der Waals surface area contributed by atoms with E-state index in [2.05, 4.69) is 25.5 Å². The van der Waals surface area contributed by atoms with Crippen LogP contribution in [0.5, 0.6) is 0 Å². The number of fused-ring (bicyclic) bond motifs is 1. The molecule has 1 aliphatic rings. The molecule has 0 radical (unpaired) electrons. The van der Waals surface area contributed by atoms with Crippen molar-refractivity contribution in [3.63, 3.8) is 0 Å². The summed E-state index contributed by atoms with van der Waals surface area (Å²) in [5.74, 6) is -0.0349. The molecule has 0 atom stereocenters. The van der Waals surface area contributed by atoms with Gasteiger partial charge in [0.1, 0.15) is 10.8 Å². The molecular weight excluding hydrogens is 420 g/mol. The summed E-state index contributed by atoms with van der Waals surface area (Å²) in [6.07, 6.45) is 6.06. The van der Waals surface area contributed by atoms with Gasteiger partial charge >= 0.3 is 0 Å². The van der Waals surface area contributed by atoms with Gasteiger partial charge in [-0.15, -0.1) is 11.3 Å². The molecule has 30 heavy (non-hydrogen) atoms. The van der Waals surface area contributed by atoms with Gasteiger partial charge in [0.2, 0.25) is 0 Å². The zero-order valence-corrected chi connectivity index (χ0v) is 18.1.